The van der Waals surface area contributed by atoms with Gasteiger partial charge in [-0.3, -0.25) is 0 Å². The van der Waals surface area contributed by atoms with Crippen LogP contribution in [0.15, 0.2) is 0 Å². The third-order valence-electron chi connectivity index (χ3n) is 1.94. The summed E-state index contributed by atoms with van der Waals surface area (Å²) in [5.74, 6) is 0. The number of likely N-dealkylation sites (tertiary alicyclic amines) is 1. The monoisotopic (exact) mass is 164 g/mol. The van der Waals surface area contributed by atoms with E-state index in [4.69, 9.17) is 0 Å². The number of halogens is 2. The highest BCUT2D eigenvalue weighted by atomic mass is 19.3. The maximum atomic E-state index is 12.0. The number of hydrogen-bond acceptors (Lipinski definition) is 2. The van der Waals surface area contributed by atoms with Crippen molar-refractivity contribution in [1.29, 1.82) is 0 Å². The smallest absolute Gasteiger partial charge is 0.253 e. The Hall–Kier alpha value is -0.220. The summed E-state index contributed by atoms with van der Waals surface area (Å²) >= 11 is 0. The van der Waals surface area contributed by atoms with E-state index in [1.54, 1.807) is 0 Å². The van der Waals surface area contributed by atoms with Gasteiger partial charge in [-0.25, -0.2) is 8.78 Å². The summed E-state index contributed by atoms with van der Waals surface area (Å²) in [4.78, 5) is 2.09. The zero-order valence-electron chi connectivity index (χ0n) is 6.85. The molecule has 0 aliphatic carbocycles. The van der Waals surface area contributed by atoms with Gasteiger partial charge in [-0.15, -0.1) is 0 Å². The van der Waals surface area contributed by atoms with Crippen LogP contribution >= 0.6 is 0 Å². The van der Waals surface area contributed by atoms with Gasteiger partial charge < -0.3 is 10.2 Å². The van der Waals surface area contributed by atoms with Gasteiger partial charge in [0.05, 0.1) is 6.04 Å². The predicted molar refractivity (Wildman–Crippen MR) is 39.9 cm³/mol. The lowest BCUT2D eigenvalue weighted by Crippen LogP contribution is -2.59. The van der Waals surface area contributed by atoms with Crippen molar-refractivity contribution in [3.05, 3.63) is 0 Å². The zero-order chi connectivity index (χ0) is 8.43. The zero-order valence-corrected chi connectivity index (χ0v) is 6.85. The highest BCUT2D eigenvalue weighted by molar-refractivity contribution is 4.85. The molecule has 4 heteroatoms. The van der Waals surface area contributed by atoms with Crippen LogP contribution in [0.2, 0.25) is 0 Å². The first-order valence-electron chi connectivity index (χ1n) is 3.82. The summed E-state index contributed by atoms with van der Waals surface area (Å²) in [6, 6.07) is -0.405. The molecule has 0 saturated carbocycles. The summed E-state index contributed by atoms with van der Waals surface area (Å²) in [5, 5.41) is 2.85. The normalized spacial score (nSPS) is 23.7. The lowest BCUT2D eigenvalue weighted by molar-refractivity contribution is 0.0738. The molecule has 1 aliphatic heterocycles. The average molecular weight is 164 g/mol. The molecule has 1 N–H and O–H groups in total. The maximum Gasteiger partial charge on any atom is 0.253 e. The fraction of sp³-hybridized carbons (Fsp3) is 1.00. The number of nitrogens with one attached hydrogen (secondary N) is 1. The van der Waals surface area contributed by atoms with Crippen LogP contribution in [-0.2, 0) is 0 Å². The molecule has 1 saturated heterocycles. The summed E-state index contributed by atoms with van der Waals surface area (Å²) in [5.41, 5.74) is 0. The number of nitrogens with zero attached hydrogens (tertiary/aromatic N) is 1. The minimum atomic E-state index is -2.25. The molecular weight excluding hydrogens is 150 g/mol. The van der Waals surface area contributed by atoms with Gasteiger partial charge in [0.15, 0.2) is 0 Å². The lowest BCUT2D eigenvalue weighted by Gasteiger charge is -2.38. The van der Waals surface area contributed by atoms with E-state index in [1.165, 1.54) is 6.92 Å². The molecule has 0 amide bonds. The average Bonchev–Trinajstić information content (AvgIpc) is 1.84. The standard InChI is InChI=1S/C7H14F2N2/c1-5(7(8)9)10-6-3-11(2)4-6/h5-7,10H,3-4H2,1-2H3. The highest BCUT2D eigenvalue weighted by Gasteiger charge is 2.26. The molecule has 0 aromatic heterocycles. The van der Waals surface area contributed by atoms with E-state index in [9.17, 15) is 8.78 Å². The van der Waals surface area contributed by atoms with E-state index in [1.807, 2.05) is 7.05 Å². The van der Waals surface area contributed by atoms with E-state index in [0.29, 0.717) is 0 Å². The van der Waals surface area contributed by atoms with Gasteiger partial charge in [-0.2, -0.15) is 0 Å². The van der Waals surface area contributed by atoms with E-state index in [2.05, 4.69) is 10.2 Å². The van der Waals surface area contributed by atoms with Crippen molar-refractivity contribution in [2.24, 2.45) is 0 Å². The molecule has 11 heavy (non-hydrogen) atoms. The predicted octanol–water partition coefficient (Wildman–Crippen LogP) is 0.544. The van der Waals surface area contributed by atoms with Gasteiger partial charge in [0.25, 0.3) is 6.43 Å². The van der Waals surface area contributed by atoms with Crippen LogP contribution in [0.1, 0.15) is 6.92 Å². The number of likely N-dealkylation sites (N-methyl/N-ethyl adjacent to an activating group) is 1. The first-order chi connectivity index (χ1) is 5.09. The van der Waals surface area contributed by atoms with Gasteiger partial charge in [0, 0.05) is 19.1 Å². The van der Waals surface area contributed by atoms with Crippen LogP contribution in [0.3, 0.4) is 0 Å². The third kappa shape index (κ3) is 2.38. The topological polar surface area (TPSA) is 15.3 Å². The molecular formula is C7H14F2N2. The molecule has 0 aromatic carbocycles. The Morgan fingerprint density at radius 3 is 2.36 bits per heavy atom. The van der Waals surface area contributed by atoms with Crippen LogP contribution in [0, 0.1) is 0 Å². The van der Waals surface area contributed by atoms with Crippen molar-refractivity contribution in [3.8, 4) is 0 Å². The molecule has 2 nitrogen and oxygen atoms in total. The SMILES string of the molecule is CC(NC1CN(C)C1)C(F)F. The van der Waals surface area contributed by atoms with Crippen LogP contribution in [0.25, 0.3) is 0 Å². The molecule has 1 fully saturated rings. The fourth-order valence-corrected chi connectivity index (χ4v) is 1.25. The molecule has 66 valence electrons. The first kappa shape index (κ1) is 8.87. The van der Waals surface area contributed by atoms with E-state index in [-0.39, 0.29) is 6.04 Å². The molecule has 1 heterocycles. The Kier molecular flexibility index (Phi) is 2.78. The van der Waals surface area contributed by atoms with Crippen molar-refractivity contribution >= 4 is 0 Å². The maximum absolute atomic E-state index is 12.0. The van der Waals surface area contributed by atoms with Gasteiger partial charge in [-0.05, 0) is 14.0 Å². The summed E-state index contributed by atoms with van der Waals surface area (Å²) in [6.07, 6.45) is -2.25. The lowest BCUT2D eigenvalue weighted by atomic mass is 10.1. The van der Waals surface area contributed by atoms with Crippen molar-refractivity contribution < 1.29 is 8.78 Å². The van der Waals surface area contributed by atoms with Crippen LogP contribution in [0.5, 0.6) is 0 Å². The number of hydrogen-bond donors (Lipinski definition) is 1. The van der Waals surface area contributed by atoms with Crippen molar-refractivity contribution in [2.45, 2.75) is 25.4 Å². The van der Waals surface area contributed by atoms with Gasteiger partial charge in [0.1, 0.15) is 0 Å². The molecule has 1 unspecified atom stereocenters. The van der Waals surface area contributed by atoms with Crippen LogP contribution in [-0.4, -0.2) is 43.5 Å². The van der Waals surface area contributed by atoms with Crippen molar-refractivity contribution in [1.82, 2.24) is 10.2 Å². The number of rotatable bonds is 3. The second kappa shape index (κ2) is 3.45. The van der Waals surface area contributed by atoms with Crippen molar-refractivity contribution in [3.63, 3.8) is 0 Å². The Morgan fingerprint density at radius 2 is 2.00 bits per heavy atom. The van der Waals surface area contributed by atoms with Gasteiger partial charge >= 0.3 is 0 Å². The Balaban J connectivity index is 2.11. The summed E-state index contributed by atoms with van der Waals surface area (Å²) < 4.78 is 23.9. The minimum absolute atomic E-state index is 0.268. The van der Waals surface area contributed by atoms with Gasteiger partial charge in [-0.1, -0.05) is 0 Å². The molecule has 1 rings (SSSR count). The quantitative estimate of drug-likeness (QED) is 0.655. The highest BCUT2D eigenvalue weighted by Crippen LogP contribution is 2.07. The Labute approximate surface area is 65.6 Å². The Morgan fingerprint density at radius 1 is 1.45 bits per heavy atom. The molecule has 0 aromatic rings. The first-order valence-corrected chi connectivity index (χ1v) is 3.82. The summed E-state index contributed by atoms with van der Waals surface area (Å²) in [6.45, 7) is 3.29. The second-order valence-corrected chi connectivity index (χ2v) is 3.21. The minimum Gasteiger partial charge on any atom is -0.304 e. The Bertz CT molecular complexity index is 124. The van der Waals surface area contributed by atoms with Crippen LogP contribution in [0.4, 0.5) is 8.78 Å². The molecule has 0 spiro atoms. The fourth-order valence-electron chi connectivity index (χ4n) is 1.25. The molecule has 0 bridgehead atoms. The largest absolute Gasteiger partial charge is 0.304 e. The van der Waals surface area contributed by atoms with Crippen LogP contribution < -0.4 is 5.32 Å². The molecule has 1 atom stereocenters. The third-order valence-corrected chi connectivity index (χ3v) is 1.94. The van der Waals surface area contributed by atoms with Crippen molar-refractivity contribution in [2.75, 3.05) is 20.1 Å². The summed E-state index contributed by atoms with van der Waals surface area (Å²) in [7, 11) is 1.98. The molecule has 1 aliphatic rings. The van der Waals surface area contributed by atoms with E-state index >= 15 is 0 Å². The van der Waals surface area contributed by atoms with E-state index in [0.717, 1.165) is 13.1 Å². The second-order valence-electron chi connectivity index (χ2n) is 3.21. The van der Waals surface area contributed by atoms with E-state index < -0.39 is 12.5 Å². The van der Waals surface area contributed by atoms with Gasteiger partial charge in [0.2, 0.25) is 0 Å². The molecule has 0 radical (unpaired) electrons. The number of alkyl halides is 2.